The standard InChI is InChI=1S/C13H37NOSi4/c1-16(2,3)14(17(4,5)6)12-13-19(10,11)15-18(7,8)9/h12-13H2,1-11H3. The summed E-state index contributed by atoms with van der Waals surface area (Å²) in [5.74, 6) is 0. The van der Waals surface area contributed by atoms with Crippen LogP contribution in [0.5, 0.6) is 0 Å². The van der Waals surface area contributed by atoms with Crippen LogP contribution in [0.3, 0.4) is 0 Å². The van der Waals surface area contributed by atoms with E-state index >= 15 is 0 Å². The van der Waals surface area contributed by atoms with Crippen LogP contribution in [0, 0.1) is 0 Å². The average molecular weight is 336 g/mol. The third kappa shape index (κ3) is 8.62. The van der Waals surface area contributed by atoms with E-state index in [-0.39, 0.29) is 0 Å². The average Bonchev–Trinajstić information content (AvgIpc) is 1.91. The lowest BCUT2D eigenvalue weighted by molar-refractivity contribution is 0.532. The molecule has 0 aliphatic heterocycles. The maximum Gasteiger partial charge on any atom is 0.174 e. The molecule has 0 aromatic rings. The highest BCUT2D eigenvalue weighted by molar-refractivity contribution is 6.90. The first kappa shape index (κ1) is 19.8. The SMILES string of the molecule is C[Si](C)(C)O[Si](C)(C)CCN([Si](C)(C)C)[Si](C)(C)C. The molecule has 0 unspecified atom stereocenters. The monoisotopic (exact) mass is 335 g/mol. The van der Waals surface area contributed by atoms with Gasteiger partial charge in [-0.1, -0.05) is 39.3 Å². The molecule has 0 aliphatic carbocycles. The molecular formula is C13H37NOSi4. The van der Waals surface area contributed by atoms with Crippen molar-refractivity contribution in [2.24, 2.45) is 0 Å². The summed E-state index contributed by atoms with van der Waals surface area (Å²) in [6.07, 6.45) is 0. The van der Waals surface area contributed by atoms with Crippen molar-refractivity contribution in [2.75, 3.05) is 6.54 Å². The van der Waals surface area contributed by atoms with Crippen molar-refractivity contribution in [3.63, 3.8) is 0 Å². The summed E-state index contributed by atoms with van der Waals surface area (Å²) in [4.78, 5) is 0. The molecule has 0 N–H and O–H groups in total. The Bertz CT molecular complexity index is 272. The van der Waals surface area contributed by atoms with E-state index in [0.29, 0.717) is 0 Å². The van der Waals surface area contributed by atoms with Gasteiger partial charge in [-0.05, 0) is 45.3 Å². The largest absolute Gasteiger partial charge is 0.456 e. The zero-order valence-corrected chi connectivity index (χ0v) is 19.3. The predicted octanol–water partition coefficient (Wildman–Crippen LogP) is 5.01. The lowest BCUT2D eigenvalue weighted by Gasteiger charge is -2.45. The molecule has 0 heterocycles. The molecule has 0 aliphatic rings. The molecule has 0 aromatic heterocycles. The van der Waals surface area contributed by atoms with E-state index in [1.165, 1.54) is 12.6 Å². The van der Waals surface area contributed by atoms with Gasteiger partial charge in [-0.2, -0.15) is 0 Å². The molecule has 0 rings (SSSR count). The van der Waals surface area contributed by atoms with Gasteiger partial charge in [-0.15, -0.1) is 0 Å². The summed E-state index contributed by atoms with van der Waals surface area (Å²) in [5, 5.41) is 0. The van der Waals surface area contributed by atoms with Gasteiger partial charge < -0.3 is 8.35 Å². The van der Waals surface area contributed by atoms with Gasteiger partial charge in [0.25, 0.3) is 0 Å². The van der Waals surface area contributed by atoms with Gasteiger partial charge in [-0.3, -0.25) is 0 Å². The van der Waals surface area contributed by atoms with Gasteiger partial charge in [0.05, 0.1) is 0 Å². The van der Waals surface area contributed by atoms with Crippen LogP contribution < -0.4 is 0 Å². The fourth-order valence-corrected chi connectivity index (χ4v) is 20.8. The number of hydrogen-bond donors (Lipinski definition) is 0. The van der Waals surface area contributed by atoms with Gasteiger partial charge >= 0.3 is 0 Å². The fraction of sp³-hybridized carbons (Fsp3) is 1.00. The lowest BCUT2D eigenvalue weighted by Crippen LogP contribution is -2.60. The summed E-state index contributed by atoms with van der Waals surface area (Å²) in [6, 6.07) is 1.28. The van der Waals surface area contributed by atoms with E-state index in [1.54, 1.807) is 0 Å². The fourth-order valence-electron chi connectivity index (χ4n) is 2.94. The maximum absolute atomic E-state index is 6.48. The lowest BCUT2D eigenvalue weighted by atomic mass is 10.8. The normalized spacial score (nSPS) is 15.2. The Morgan fingerprint density at radius 2 is 1.05 bits per heavy atom. The van der Waals surface area contributed by atoms with Gasteiger partial charge in [-0.25, -0.2) is 0 Å². The Balaban J connectivity index is 4.75. The third-order valence-corrected chi connectivity index (χ3v) is 16.9. The van der Waals surface area contributed by atoms with E-state index in [1.807, 2.05) is 0 Å². The molecule has 0 saturated carbocycles. The maximum atomic E-state index is 6.48. The second-order valence-electron chi connectivity index (χ2n) is 9.22. The molecule has 0 aromatic carbocycles. The summed E-state index contributed by atoms with van der Waals surface area (Å²) >= 11 is 0. The van der Waals surface area contributed by atoms with Crippen LogP contribution in [0.2, 0.25) is 78.1 Å². The number of nitrogens with zero attached hydrogens (tertiary/aromatic N) is 1. The van der Waals surface area contributed by atoms with E-state index < -0.39 is 33.1 Å². The summed E-state index contributed by atoms with van der Waals surface area (Å²) < 4.78 is 9.37. The first-order valence-electron chi connectivity index (χ1n) is 7.53. The van der Waals surface area contributed by atoms with Gasteiger partial charge in [0.1, 0.15) is 16.5 Å². The molecule has 0 bridgehead atoms. The Morgan fingerprint density at radius 1 is 0.684 bits per heavy atom. The quantitative estimate of drug-likeness (QED) is 0.606. The minimum absolute atomic E-state index is 1.21. The zero-order chi connectivity index (χ0) is 15.7. The highest BCUT2D eigenvalue weighted by Crippen LogP contribution is 2.24. The summed E-state index contributed by atoms with van der Waals surface area (Å²) in [6.45, 7) is 27.9. The predicted molar refractivity (Wildman–Crippen MR) is 100 cm³/mol. The Kier molecular flexibility index (Phi) is 6.53. The molecule has 0 spiro atoms. The highest BCUT2D eigenvalue weighted by atomic mass is 28.4. The van der Waals surface area contributed by atoms with Crippen molar-refractivity contribution in [1.29, 1.82) is 0 Å². The van der Waals surface area contributed by atoms with Crippen molar-refractivity contribution in [2.45, 2.75) is 78.1 Å². The Labute approximate surface area is 126 Å². The second kappa shape index (κ2) is 6.27. The van der Waals surface area contributed by atoms with Crippen LogP contribution >= 0.6 is 0 Å². The Morgan fingerprint density at radius 3 is 1.32 bits per heavy atom. The zero-order valence-electron chi connectivity index (χ0n) is 15.3. The van der Waals surface area contributed by atoms with Crippen LogP contribution in [0.4, 0.5) is 0 Å². The molecule has 0 radical (unpaired) electrons. The summed E-state index contributed by atoms with van der Waals surface area (Å²) in [7, 11) is -5.30. The molecule has 0 amide bonds. The number of rotatable bonds is 7. The minimum atomic E-state index is -1.49. The molecule has 6 heteroatoms. The topological polar surface area (TPSA) is 12.5 Å². The van der Waals surface area contributed by atoms with E-state index in [4.69, 9.17) is 4.12 Å². The van der Waals surface area contributed by atoms with Crippen LogP contribution in [-0.2, 0) is 4.12 Å². The highest BCUT2D eigenvalue weighted by Gasteiger charge is 2.37. The van der Waals surface area contributed by atoms with Crippen molar-refractivity contribution >= 4 is 33.1 Å². The van der Waals surface area contributed by atoms with Crippen LogP contribution in [-0.4, -0.2) is 43.9 Å². The van der Waals surface area contributed by atoms with Crippen molar-refractivity contribution in [1.82, 2.24) is 4.23 Å². The van der Waals surface area contributed by atoms with Gasteiger partial charge in [0.15, 0.2) is 16.6 Å². The van der Waals surface area contributed by atoms with Gasteiger partial charge in [0.2, 0.25) is 0 Å². The van der Waals surface area contributed by atoms with E-state index in [2.05, 4.69) is 76.2 Å². The first-order valence-corrected chi connectivity index (χ1v) is 20.9. The van der Waals surface area contributed by atoms with Crippen LogP contribution in [0.25, 0.3) is 0 Å². The van der Waals surface area contributed by atoms with Crippen LogP contribution in [0.1, 0.15) is 0 Å². The van der Waals surface area contributed by atoms with Crippen LogP contribution in [0.15, 0.2) is 0 Å². The minimum Gasteiger partial charge on any atom is -0.456 e. The molecule has 0 saturated heterocycles. The first-order chi connectivity index (χ1) is 8.05. The molecule has 19 heavy (non-hydrogen) atoms. The molecule has 0 fully saturated rings. The third-order valence-electron chi connectivity index (χ3n) is 3.14. The van der Waals surface area contributed by atoms with Crippen molar-refractivity contribution in [3.05, 3.63) is 0 Å². The number of hydrogen-bond acceptors (Lipinski definition) is 2. The Hall–Kier alpha value is 0.788. The molecule has 0 atom stereocenters. The van der Waals surface area contributed by atoms with E-state index in [0.717, 1.165) is 0 Å². The summed E-state index contributed by atoms with van der Waals surface area (Å²) in [5.41, 5.74) is 0. The molecule has 116 valence electrons. The van der Waals surface area contributed by atoms with Crippen molar-refractivity contribution in [3.8, 4) is 0 Å². The van der Waals surface area contributed by atoms with Gasteiger partial charge in [0, 0.05) is 0 Å². The van der Waals surface area contributed by atoms with Crippen molar-refractivity contribution < 1.29 is 4.12 Å². The molecule has 2 nitrogen and oxygen atoms in total. The van der Waals surface area contributed by atoms with E-state index in [9.17, 15) is 0 Å². The smallest absolute Gasteiger partial charge is 0.174 e. The molecular weight excluding hydrogens is 298 g/mol. The second-order valence-corrected chi connectivity index (χ2v) is 28.5.